The summed E-state index contributed by atoms with van der Waals surface area (Å²) < 4.78 is 10.5. The summed E-state index contributed by atoms with van der Waals surface area (Å²) in [6.45, 7) is 4.50. The maximum absolute atomic E-state index is 13.3. The minimum Gasteiger partial charge on any atom is -0.497 e. The molecule has 1 aliphatic rings. The van der Waals surface area contributed by atoms with Crippen LogP contribution in [0, 0.1) is 0 Å². The first kappa shape index (κ1) is 22.3. The van der Waals surface area contributed by atoms with Gasteiger partial charge in [0.05, 0.1) is 31.0 Å². The Morgan fingerprint density at radius 1 is 1.06 bits per heavy atom. The molecule has 2 aromatic carbocycles. The van der Waals surface area contributed by atoms with Crippen molar-refractivity contribution in [1.82, 2.24) is 9.80 Å². The normalized spacial score (nSPS) is 13.7. The summed E-state index contributed by atoms with van der Waals surface area (Å²) in [5.41, 5.74) is 2.03. The number of hydrogen-bond donors (Lipinski definition) is 0. The molecule has 1 aromatic heterocycles. The van der Waals surface area contributed by atoms with Crippen molar-refractivity contribution in [3.63, 3.8) is 0 Å². The molecule has 3 amide bonds. The van der Waals surface area contributed by atoms with Crippen molar-refractivity contribution in [2.45, 2.75) is 32.9 Å². The molecular weight excluding hydrogens is 420 g/mol. The first-order chi connectivity index (χ1) is 15.9. The number of methoxy groups -OCH3 is 1. The van der Waals surface area contributed by atoms with Crippen molar-refractivity contribution in [3.05, 3.63) is 88.9 Å². The van der Waals surface area contributed by atoms with E-state index in [1.807, 2.05) is 38.1 Å². The number of furan rings is 1. The van der Waals surface area contributed by atoms with E-state index in [9.17, 15) is 14.4 Å². The van der Waals surface area contributed by atoms with Gasteiger partial charge in [-0.05, 0) is 68.3 Å². The van der Waals surface area contributed by atoms with Crippen LogP contribution in [0.1, 0.15) is 56.2 Å². The number of ether oxygens (including phenoxy) is 1. The van der Waals surface area contributed by atoms with Gasteiger partial charge in [0.25, 0.3) is 17.7 Å². The number of hydrogen-bond acceptors (Lipinski definition) is 5. The third-order valence-corrected chi connectivity index (χ3v) is 5.94. The molecule has 0 bridgehead atoms. The summed E-state index contributed by atoms with van der Waals surface area (Å²) in [6.07, 6.45) is 2.18. The molecule has 1 unspecified atom stereocenters. The molecule has 3 aromatic rings. The van der Waals surface area contributed by atoms with E-state index < -0.39 is 5.91 Å². The summed E-state index contributed by atoms with van der Waals surface area (Å²) in [4.78, 5) is 41.9. The fraction of sp³-hybridized carbons (Fsp3) is 0.269. The van der Waals surface area contributed by atoms with Gasteiger partial charge in [-0.15, -0.1) is 0 Å². The van der Waals surface area contributed by atoms with Gasteiger partial charge in [0.2, 0.25) is 0 Å². The Morgan fingerprint density at radius 3 is 2.42 bits per heavy atom. The fourth-order valence-corrected chi connectivity index (χ4v) is 4.16. The molecule has 1 aliphatic heterocycles. The topological polar surface area (TPSA) is 80.1 Å². The SMILES string of the molecule is CCN(C(=O)c1ccc2c(c1)C(=O)N(Cc1ccco1)C2=O)C(C)Cc1ccc(OC)cc1. The van der Waals surface area contributed by atoms with Crippen molar-refractivity contribution in [1.29, 1.82) is 0 Å². The quantitative estimate of drug-likeness (QED) is 0.485. The second kappa shape index (κ2) is 9.32. The molecule has 0 saturated carbocycles. The molecule has 7 heteroatoms. The number of rotatable bonds is 8. The van der Waals surface area contributed by atoms with Gasteiger partial charge in [-0.1, -0.05) is 12.1 Å². The molecule has 2 heterocycles. The van der Waals surface area contributed by atoms with Crippen LogP contribution in [0.5, 0.6) is 5.75 Å². The lowest BCUT2D eigenvalue weighted by Crippen LogP contribution is -2.39. The van der Waals surface area contributed by atoms with E-state index in [4.69, 9.17) is 9.15 Å². The smallest absolute Gasteiger partial charge is 0.261 e. The number of amides is 3. The van der Waals surface area contributed by atoms with Crippen molar-refractivity contribution in [3.8, 4) is 5.75 Å². The molecule has 0 N–H and O–H groups in total. The van der Waals surface area contributed by atoms with Gasteiger partial charge in [0.15, 0.2) is 0 Å². The number of carbonyl (C=O) groups is 3. The highest BCUT2D eigenvalue weighted by molar-refractivity contribution is 6.22. The van der Waals surface area contributed by atoms with Crippen molar-refractivity contribution in [2.75, 3.05) is 13.7 Å². The summed E-state index contributed by atoms with van der Waals surface area (Å²) in [5, 5.41) is 0. The van der Waals surface area contributed by atoms with Crippen LogP contribution in [0.25, 0.3) is 0 Å². The van der Waals surface area contributed by atoms with E-state index in [1.54, 1.807) is 36.3 Å². The van der Waals surface area contributed by atoms with Gasteiger partial charge in [0.1, 0.15) is 11.5 Å². The lowest BCUT2D eigenvalue weighted by Gasteiger charge is -2.28. The number of fused-ring (bicyclic) bond motifs is 1. The molecule has 7 nitrogen and oxygen atoms in total. The van der Waals surface area contributed by atoms with Crippen molar-refractivity contribution >= 4 is 17.7 Å². The zero-order valence-electron chi connectivity index (χ0n) is 18.9. The van der Waals surface area contributed by atoms with Crippen LogP contribution < -0.4 is 4.74 Å². The highest BCUT2D eigenvalue weighted by atomic mass is 16.5. The minimum absolute atomic E-state index is 0.0581. The van der Waals surface area contributed by atoms with Gasteiger partial charge in [0, 0.05) is 18.2 Å². The predicted octanol–water partition coefficient (Wildman–Crippen LogP) is 4.18. The lowest BCUT2D eigenvalue weighted by atomic mass is 10.0. The number of benzene rings is 2. The minimum atomic E-state index is -0.421. The van der Waals surface area contributed by atoms with Crippen LogP contribution in [0.15, 0.2) is 65.3 Å². The maximum atomic E-state index is 13.3. The second-order valence-corrected chi connectivity index (χ2v) is 8.03. The Balaban J connectivity index is 1.51. The molecule has 0 aliphatic carbocycles. The standard InChI is InChI=1S/C26H26N2O5/c1-4-27(17(2)14-18-7-10-20(32-3)11-8-18)24(29)19-9-12-22-23(15-19)26(31)28(25(22)30)16-21-6-5-13-33-21/h5-13,15,17H,4,14,16H2,1-3H3. The molecule has 0 fully saturated rings. The first-order valence-electron chi connectivity index (χ1n) is 10.9. The summed E-state index contributed by atoms with van der Waals surface area (Å²) in [7, 11) is 1.63. The summed E-state index contributed by atoms with van der Waals surface area (Å²) in [5.74, 6) is 0.325. The monoisotopic (exact) mass is 446 g/mol. The van der Waals surface area contributed by atoms with Crippen LogP contribution in [0.4, 0.5) is 0 Å². The van der Waals surface area contributed by atoms with Gasteiger partial charge in [-0.3, -0.25) is 19.3 Å². The van der Waals surface area contributed by atoms with Crippen LogP contribution >= 0.6 is 0 Å². The largest absolute Gasteiger partial charge is 0.497 e. The average molecular weight is 447 g/mol. The summed E-state index contributed by atoms with van der Waals surface area (Å²) in [6, 6.07) is 15.8. The zero-order chi connectivity index (χ0) is 23.5. The number of nitrogens with zero attached hydrogens (tertiary/aromatic N) is 2. The number of carbonyl (C=O) groups excluding carboxylic acids is 3. The molecular formula is C26H26N2O5. The second-order valence-electron chi connectivity index (χ2n) is 8.03. The summed E-state index contributed by atoms with van der Waals surface area (Å²) >= 11 is 0. The zero-order valence-corrected chi connectivity index (χ0v) is 18.9. The van der Waals surface area contributed by atoms with Gasteiger partial charge in [-0.25, -0.2) is 0 Å². The molecule has 4 rings (SSSR count). The van der Waals surface area contributed by atoms with Crippen LogP contribution in [0.2, 0.25) is 0 Å². The van der Waals surface area contributed by atoms with Gasteiger partial charge >= 0.3 is 0 Å². The van der Waals surface area contributed by atoms with Crippen LogP contribution in [-0.2, 0) is 13.0 Å². The molecule has 170 valence electrons. The highest BCUT2D eigenvalue weighted by Crippen LogP contribution is 2.27. The van der Waals surface area contributed by atoms with Gasteiger partial charge < -0.3 is 14.1 Å². The molecule has 33 heavy (non-hydrogen) atoms. The Hall–Kier alpha value is -3.87. The third kappa shape index (κ3) is 4.39. The molecule has 0 radical (unpaired) electrons. The van der Waals surface area contributed by atoms with E-state index in [1.165, 1.54) is 12.3 Å². The Labute approximate surface area is 192 Å². The Morgan fingerprint density at radius 2 is 1.79 bits per heavy atom. The average Bonchev–Trinajstić information content (AvgIpc) is 3.42. The van der Waals surface area contributed by atoms with Crippen LogP contribution in [0.3, 0.4) is 0 Å². The van der Waals surface area contributed by atoms with Crippen molar-refractivity contribution < 1.29 is 23.5 Å². The van der Waals surface area contributed by atoms with E-state index >= 15 is 0 Å². The third-order valence-electron chi connectivity index (χ3n) is 5.94. The highest BCUT2D eigenvalue weighted by Gasteiger charge is 2.37. The van der Waals surface area contributed by atoms with Crippen molar-refractivity contribution in [2.24, 2.45) is 0 Å². The lowest BCUT2D eigenvalue weighted by molar-refractivity contribution is 0.0630. The molecule has 1 atom stereocenters. The predicted molar refractivity (Wildman–Crippen MR) is 122 cm³/mol. The Kier molecular flexibility index (Phi) is 6.31. The molecule has 0 spiro atoms. The number of likely N-dealkylation sites (N-methyl/N-ethyl adjacent to an activating group) is 1. The van der Waals surface area contributed by atoms with E-state index in [0.29, 0.717) is 29.9 Å². The Bertz CT molecular complexity index is 1170. The molecule has 0 saturated heterocycles. The van der Waals surface area contributed by atoms with Crippen LogP contribution in [-0.4, -0.2) is 47.2 Å². The van der Waals surface area contributed by atoms with Gasteiger partial charge in [-0.2, -0.15) is 0 Å². The van der Waals surface area contributed by atoms with E-state index in [-0.39, 0.29) is 30.0 Å². The maximum Gasteiger partial charge on any atom is 0.261 e. The first-order valence-corrected chi connectivity index (χ1v) is 10.9. The van der Waals surface area contributed by atoms with E-state index in [2.05, 4.69) is 0 Å². The van der Waals surface area contributed by atoms with E-state index in [0.717, 1.165) is 16.2 Å². The number of imide groups is 1. The fourth-order valence-electron chi connectivity index (χ4n) is 4.16.